The Labute approximate surface area is 115 Å². The highest BCUT2D eigenvalue weighted by Gasteiger charge is 2.21. The van der Waals surface area contributed by atoms with E-state index in [1.54, 1.807) is 0 Å². The predicted octanol–water partition coefficient (Wildman–Crippen LogP) is 2.59. The molecule has 0 atom stereocenters. The van der Waals surface area contributed by atoms with Gasteiger partial charge in [-0.1, -0.05) is 27.2 Å². The van der Waals surface area contributed by atoms with Crippen LogP contribution in [0.4, 0.5) is 0 Å². The first-order chi connectivity index (χ1) is 8.74. The fourth-order valence-corrected chi connectivity index (χ4v) is 2.21. The normalized spacial score (nSPS) is 15.0. The highest BCUT2D eigenvalue weighted by atomic mass is 79.9. The molecule has 1 N–H and O–H groups in total. The molecule has 1 aliphatic rings. The maximum atomic E-state index is 4.16. The molecule has 1 heterocycles. The average molecular weight is 307 g/mol. The van der Waals surface area contributed by atoms with E-state index in [0.717, 1.165) is 22.4 Å². The van der Waals surface area contributed by atoms with Crippen LogP contribution < -0.4 is 5.32 Å². The monoisotopic (exact) mass is 306 g/mol. The average Bonchev–Trinajstić information content (AvgIpc) is 3.08. The molecule has 18 heavy (non-hydrogen) atoms. The van der Waals surface area contributed by atoms with Crippen molar-refractivity contribution in [2.45, 2.75) is 32.4 Å². The second kappa shape index (κ2) is 4.82. The molecule has 1 fully saturated rings. The van der Waals surface area contributed by atoms with Gasteiger partial charge in [0, 0.05) is 17.1 Å². The molecule has 1 aromatic carbocycles. The molecular formula is C13H15BrN4. The molecule has 2 aromatic rings. The van der Waals surface area contributed by atoms with Gasteiger partial charge >= 0.3 is 0 Å². The summed E-state index contributed by atoms with van der Waals surface area (Å²) in [5.41, 5.74) is 3.35. The van der Waals surface area contributed by atoms with Crippen molar-refractivity contribution in [1.82, 2.24) is 20.3 Å². The number of rotatable bonds is 4. The van der Waals surface area contributed by atoms with E-state index in [2.05, 4.69) is 56.7 Å². The zero-order chi connectivity index (χ0) is 12.5. The predicted molar refractivity (Wildman–Crippen MR) is 73.7 cm³/mol. The van der Waals surface area contributed by atoms with Gasteiger partial charge in [-0.05, 0) is 37.5 Å². The van der Waals surface area contributed by atoms with Crippen molar-refractivity contribution >= 4 is 15.9 Å². The Hall–Kier alpha value is -1.20. The Kier molecular flexibility index (Phi) is 3.18. The van der Waals surface area contributed by atoms with Crippen molar-refractivity contribution in [2.75, 3.05) is 0 Å². The van der Waals surface area contributed by atoms with Crippen LogP contribution in [0, 0.1) is 6.92 Å². The van der Waals surface area contributed by atoms with E-state index in [0.29, 0.717) is 6.04 Å². The highest BCUT2D eigenvalue weighted by molar-refractivity contribution is 9.10. The van der Waals surface area contributed by atoms with Crippen LogP contribution in [0.15, 0.2) is 28.9 Å². The van der Waals surface area contributed by atoms with E-state index in [4.69, 9.17) is 0 Å². The van der Waals surface area contributed by atoms with Gasteiger partial charge in [0.05, 0.1) is 17.6 Å². The molecule has 0 aliphatic heterocycles. The van der Waals surface area contributed by atoms with Crippen LogP contribution in [0.5, 0.6) is 0 Å². The number of halogens is 1. The summed E-state index contributed by atoms with van der Waals surface area (Å²) in [5.74, 6) is 0. The number of hydrogen-bond acceptors (Lipinski definition) is 3. The lowest BCUT2D eigenvalue weighted by molar-refractivity contribution is 0.647. The first-order valence-electron chi connectivity index (χ1n) is 6.13. The smallest absolute Gasteiger partial charge is 0.0783 e. The van der Waals surface area contributed by atoms with Gasteiger partial charge < -0.3 is 5.32 Å². The first-order valence-corrected chi connectivity index (χ1v) is 6.93. The second-order valence-electron chi connectivity index (χ2n) is 4.73. The molecule has 94 valence electrons. The molecular weight excluding hydrogens is 292 g/mol. The van der Waals surface area contributed by atoms with E-state index in [1.807, 2.05) is 10.9 Å². The van der Waals surface area contributed by atoms with Gasteiger partial charge in [0.1, 0.15) is 0 Å². The summed E-state index contributed by atoms with van der Waals surface area (Å²) >= 11 is 3.55. The maximum Gasteiger partial charge on any atom is 0.0783 e. The minimum absolute atomic E-state index is 0.693. The van der Waals surface area contributed by atoms with Gasteiger partial charge in [0.25, 0.3) is 0 Å². The fraction of sp³-hybridized carbons (Fsp3) is 0.385. The Morgan fingerprint density at radius 1 is 1.44 bits per heavy atom. The Balaban J connectivity index is 1.85. The summed E-state index contributed by atoms with van der Waals surface area (Å²) in [4.78, 5) is 0. The third kappa shape index (κ3) is 2.47. The van der Waals surface area contributed by atoms with Gasteiger partial charge in [-0.3, -0.25) is 0 Å². The van der Waals surface area contributed by atoms with Gasteiger partial charge in [0.2, 0.25) is 0 Å². The van der Waals surface area contributed by atoms with Crippen LogP contribution in [-0.4, -0.2) is 21.0 Å². The third-order valence-electron chi connectivity index (χ3n) is 3.17. The lowest BCUT2D eigenvalue weighted by Gasteiger charge is -2.08. The van der Waals surface area contributed by atoms with Crippen LogP contribution in [0.25, 0.3) is 5.69 Å². The highest BCUT2D eigenvalue weighted by Crippen LogP contribution is 2.22. The Morgan fingerprint density at radius 3 is 3.00 bits per heavy atom. The minimum atomic E-state index is 0.693. The molecule has 0 radical (unpaired) electrons. The lowest BCUT2D eigenvalue weighted by atomic mass is 10.2. The van der Waals surface area contributed by atoms with E-state index in [9.17, 15) is 0 Å². The zero-order valence-electron chi connectivity index (χ0n) is 10.2. The van der Waals surface area contributed by atoms with Crippen LogP contribution in [0.1, 0.15) is 24.1 Å². The number of nitrogens with one attached hydrogen (secondary N) is 1. The number of aromatic nitrogens is 3. The minimum Gasteiger partial charge on any atom is -0.308 e. The molecule has 1 saturated carbocycles. The summed E-state index contributed by atoms with van der Waals surface area (Å²) in [5, 5.41) is 11.7. The molecule has 0 spiro atoms. The summed E-state index contributed by atoms with van der Waals surface area (Å²) in [6.45, 7) is 2.90. The molecule has 3 rings (SSSR count). The number of nitrogens with zero attached hydrogens (tertiary/aromatic N) is 3. The molecule has 5 heteroatoms. The van der Waals surface area contributed by atoms with Crippen LogP contribution in [0.2, 0.25) is 0 Å². The van der Waals surface area contributed by atoms with Crippen LogP contribution in [0.3, 0.4) is 0 Å². The lowest BCUT2D eigenvalue weighted by Crippen LogP contribution is -2.18. The largest absolute Gasteiger partial charge is 0.308 e. The SMILES string of the molecule is Cc1ccc(-n2nncc2CNC2CC2)cc1Br. The molecule has 1 aliphatic carbocycles. The van der Waals surface area contributed by atoms with Gasteiger partial charge in [0.15, 0.2) is 0 Å². The van der Waals surface area contributed by atoms with Crippen LogP contribution in [-0.2, 0) is 6.54 Å². The van der Waals surface area contributed by atoms with Gasteiger partial charge in [-0.25, -0.2) is 4.68 Å². The van der Waals surface area contributed by atoms with Crippen molar-refractivity contribution in [3.8, 4) is 5.69 Å². The first kappa shape index (κ1) is 11.9. The standard InChI is InChI=1S/C13H15BrN4/c1-9-2-5-11(6-13(9)14)18-12(8-16-17-18)7-15-10-3-4-10/h2,5-6,8,10,15H,3-4,7H2,1H3. The molecule has 0 saturated heterocycles. The van der Waals surface area contributed by atoms with Crippen molar-refractivity contribution in [2.24, 2.45) is 0 Å². The van der Waals surface area contributed by atoms with Crippen molar-refractivity contribution in [3.63, 3.8) is 0 Å². The second-order valence-corrected chi connectivity index (χ2v) is 5.58. The maximum absolute atomic E-state index is 4.16. The topological polar surface area (TPSA) is 42.7 Å². The third-order valence-corrected chi connectivity index (χ3v) is 4.02. The van der Waals surface area contributed by atoms with E-state index in [1.165, 1.54) is 18.4 Å². The molecule has 1 aromatic heterocycles. The van der Waals surface area contributed by atoms with Crippen molar-refractivity contribution in [3.05, 3.63) is 40.1 Å². The molecule has 0 bridgehead atoms. The Morgan fingerprint density at radius 2 is 2.28 bits per heavy atom. The quantitative estimate of drug-likeness (QED) is 0.944. The number of hydrogen-bond donors (Lipinski definition) is 1. The van der Waals surface area contributed by atoms with Gasteiger partial charge in [-0.15, -0.1) is 5.10 Å². The zero-order valence-corrected chi connectivity index (χ0v) is 11.8. The number of benzene rings is 1. The van der Waals surface area contributed by atoms with Crippen molar-refractivity contribution < 1.29 is 0 Å². The molecule has 4 nitrogen and oxygen atoms in total. The number of aryl methyl sites for hydroxylation is 1. The molecule has 0 unspecified atom stereocenters. The fourth-order valence-electron chi connectivity index (χ4n) is 1.84. The summed E-state index contributed by atoms with van der Waals surface area (Å²) in [7, 11) is 0. The summed E-state index contributed by atoms with van der Waals surface area (Å²) in [6, 6.07) is 6.91. The van der Waals surface area contributed by atoms with E-state index >= 15 is 0 Å². The van der Waals surface area contributed by atoms with Crippen LogP contribution >= 0.6 is 15.9 Å². The summed E-state index contributed by atoms with van der Waals surface area (Å²) < 4.78 is 2.98. The molecule has 0 amide bonds. The van der Waals surface area contributed by atoms with Crippen molar-refractivity contribution in [1.29, 1.82) is 0 Å². The van der Waals surface area contributed by atoms with Gasteiger partial charge in [-0.2, -0.15) is 0 Å². The summed E-state index contributed by atoms with van der Waals surface area (Å²) in [6.07, 6.45) is 4.40. The van der Waals surface area contributed by atoms with E-state index in [-0.39, 0.29) is 0 Å². The Bertz CT molecular complexity index is 560. The van der Waals surface area contributed by atoms with E-state index < -0.39 is 0 Å².